The molecular weight excluding hydrogens is 578 g/mol. The number of H-pyrrole nitrogens is 1. The Morgan fingerprint density at radius 3 is 2.69 bits per heavy atom. The molecule has 0 bridgehead atoms. The summed E-state index contributed by atoms with van der Waals surface area (Å²) in [5.41, 5.74) is -2.82. The molecule has 2 aliphatic heterocycles. The number of hydrogen-bond acceptors (Lipinski definition) is 8. The van der Waals surface area contributed by atoms with Gasteiger partial charge in [0.25, 0.3) is 5.56 Å². The van der Waals surface area contributed by atoms with Crippen LogP contribution in [0.4, 0.5) is 4.39 Å². The van der Waals surface area contributed by atoms with Crippen LogP contribution in [-0.4, -0.2) is 53.7 Å². The molecule has 3 fully saturated rings. The van der Waals surface area contributed by atoms with Crippen LogP contribution in [-0.2, 0) is 30.0 Å². The van der Waals surface area contributed by atoms with Gasteiger partial charge < -0.3 is 18.2 Å². The number of nitrogens with zero attached hydrogens (tertiary/aromatic N) is 1. The number of fused-ring (bicyclic) bond motifs is 1. The predicted molar refractivity (Wildman–Crippen MR) is 160 cm³/mol. The molecule has 3 heterocycles. The zero-order valence-corrected chi connectivity index (χ0v) is 27.6. The quantitative estimate of drug-likeness (QED) is 0.226. The standard InChI is InChI=1S/C26H42FN2O6PS2Si/c1-15(2)17-10-11-26(7)19(12-17)34-36(37,38-26)35-21-18(14-32-39(8,9)25(4,5)6)33-23(20(21)27)29-13-16(3)22(30)28-24(29)31/h13,17-21,23H,1,10-12,14H2,2-9H3,(H,28,30,31)/t17-,18+,19+,20+,21+,23+,26+,36?/m0/s1. The fourth-order valence-corrected chi connectivity index (χ4v) is 13.6. The van der Waals surface area contributed by atoms with E-state index in [4.69, 9.17) is 30.0 Å². The summed E-state index contributed by atoms with van der Waals surface area (Å²) in [5.74, 6) is 0.361. The predicted octanol–water partition coefficient (Wildman–Crippen LogP) is 5.98. The lowest BCUT2D eigenvalue weighted by Crippen LogP contribution is -2.44. The molecular formula is C26H42FN2O6PS2Si. The highest BCUT2D eigenvalue weighted by Crippen LogP contribution is 2.76. The Morgan fingerprint density at radius 2 is 2.08 bits per heavy atom. The van der Waals surface area contributed by atoms with Crippen molar-refractivity contribution < 1.29 is 22.6 Å². The van der Waals surface area contributed by atoms with E-state index in [9.17, 15) is 9.59 Å². The lowest BCUT2D eigenvalue weighted by Gasteiger charge is -2.37. The number of halogens is 1. The Hall–Kier alpha value is -0.593. The van der Waals surface area contributed by atoms with Crippen molar-refractivity contribution in [3.8, 4) is 0 Å². The average molecular weight is 621 g/mol. The summed E-state index contributed by atoms with van der Waals surface area (Å²) < 4.78 is 42.5. The van der Waals surface area contributed by atoms with E-state index in [1.807, 2.05) is 6.92 Å². The summed E-state index contributed by atoms with van der Waals surface area (Å²) in [5, 5.41) is -0.0653. The molecule has 3 aliphatic rings. The van der Waals surface area contributed by atoms with E-state index in [0.717, 1.165) is 29.4 Å². The Morgan fingerprint density at radius 1 is 1.41 bits per heavy atom. The summed E-state index contributed by atoms with van der Waals surface area (Å²) in [4.78, 5) is 26.8. The first kappa shape index (κ1) is 31.3. The highest BCUT2D eigenvalue weighted by atomic mass is 32.9. The van der Waals surface area contributed by atoms with E-state index < -0.39 is 49.9 Å². The molecule has 4 rings (SSSR count). The maximum absolute atomic E-state index is 16.3. The highest BCUT2D eigenvalue weighted by molar-refractivity contribution is 8.68. The van der Waals surface area contributed by atoms with Crippen molar-refractivity contribution >= 4 is 37.2 Å². The number of alkyl halides is 1. The molecule has 0 aromatic carbocycles. The summed E-state index contributed by atoms with van der Waals surface area (Å²) in [6, 6.07) is 0. The molecule has 220 valence electrons. The van der Waals surface area contributed by atoms with Crippen LogP contribution in [0.5, 0.6) is 0 Å². The average Bonchev–Trinajstić information content (AvgIpc) is 3.25. The molecule has 0 spiro atoms. The minimum absolute atomic E-state index is 0.0653. The molecule has 1 N–H and O–H groups in total. The van der Waals surface area contributed by atoms with E-state index in [0.29, 0.717) is 5.92 Å². The fraction of sp³-hybridized carbons (Fsp3) is 0.769. The number of aromatic nitrogens is 2. The van der Waals surface area contributed by atoms with Gasteiger partial charge in [-0.05, 0) is 75.9 Å². The zero-order valence-electron chi connectivity index (χ0n) is 24.1. The Labute approximate surface area is 240 Å². The number of ether oxygens (including phenoxy) is 1. The number of aromatic amines is 1. The first-order chi connectivity index (χ1) is 17.9. The maximum atomic E-state index is 16.3. The first-order valence-electron chi connectivity index (χ1n) is 13.4. The van der Waals surface area contributed by atoms with E-state index in [1.54, 1.807) is 6.92 Å². The molecule has 1 aromatic rings. The number of hydrogen-bond donors (Lipinski definition) is 1. The maximum Gasteiger partial charge on any atom is 0.330 e. The molecule has 13 heteroatoms. The van der Waals surface area contributed by atoms with Crippen molar-refractivity contribution in [2.24, 2.45) is 5.92 Å². The molecule has 8 atom stereocenters. The fourth-order valence-electron chi connectivity index (χ4n) is 5.04. The SMILES string of the molecule is C=C(C)[C@H]1CC[C@@]2(C)SP(=S)(O[C@H]3[C@@H](F)[C@H](n4cc(C)c(=O)[nH]c4=O)O[C@@H]3CO[Si](C)(C)C(C)(C)C)O[C@@H]2C1. The minimum Gasteiger partial charge on any atom is -0.414 e. The highest BCUT2D eigenvalue weighted by Gasteiger charge is 2.57. The van der Waals surface area contributed by atoms with Gasteiger partial charge in [0.1, 0.15) is 12.2 Å². The van der Waals surface area contributed by atoms with Gasteiger partial charge in [0.05, 0.1) is 12.7 Å². The third kappa shape index (κ3) is 6.28. The van der Waals surface area contributed by atoms with Gasteiger partial charge >= 0.3 is 5.69 Å². The van der Waals surface area contributed by atoms with Crippen LogP contribution in [0.1, 0.15) is 65.7 Å². The monoisotopic (exact) mass is 620 g/mol. The van der Waals surface area contributed by atoms with Crippen LogP contribution >= 0.6 is 17.1 Å². The van der Waals surface area contributed by atoms with Crippen LogP contribution in [0, 0.1) is 12.8 Å². The van der Waals surface area contributed by atoms with Gasteiger partial charge in [-0.15, -0.1) is 0 Å². The number of rotatable bonds is 7. The Balaban J connectivity index is 1.62. The second-order valence-electron chi connectivity index (χ2n) is 12.9. The van der Waals surface area contributed by atoms with Crippen LogP contribution in [0.2, 0.25) is 18.1 Å². The molecule has 1 saturated carbocycles. The van der Waals surface area contributed by atoms with Gasteiger partial charge in [-0.2, -0.15) is 0 Å². The van der Waals surface area contributed by atoms with Crippen LogP contribution in [0.25, 0.3) is 0 Å². The van der Waals surface area contributed by atoms with Crippen molar-refractivity contribution in [2.45, 2.75) is 114 Å². The largest absolute Gasteiger partial charge is 0.414 e. The van der Waals surface area contributed by atoms with Crippen LogP contribution in [0.3, 0.4) is 0 Å². The minimum atomic E-state index is -2.95. The zero-order chi connectivity index (χ0) is 29.1. The van der Waals surface area contributed by atoms with E-state index in [2.05, 4.69) is 52.4 Å². The van der Waals surface area contributed by atoms with Crippen molar-refractivity contribution in [2.75, 3.05) is 6.61 Å². The molecule has 0 radical (unpaired) electrons. The first-order valence-corrected chi connectivity index (χ1v) is 20.4. The summed E-state index contributed by atoms with van der Waals surface area (Å²) in [6.07, 6.45) is -1.01. The van der Waals surface area contributed by atoms with Gasteiger partial charge in [-0.3, -0.25) is 14.3 Å². The second kappa shape index (κ2) is 10.9. The summed E-state index contributed by atoms with van der Waals surface area (Å²) >= 11 is 7.49. The van der Waals surface area contributed by atoms with Gasteiger partial charge in [-0.25, -0.2) is 9.18 Å². The van der Waals surface area contributed by atoms with Gasteiger partial charge in [-0.1, -0.05) is 44.3 Å². The number of aryl methyl sites for hydroxylation is 1. The van der Waals surface area contributed by atoms with Crippen LogP contribution in [0.15, 0.2) is 27.9 Å². The smallest absolute Gasteiger partial charge is 0.330 e. The van der Waals surface area contributed by atoms with Crippen molar-refractivity contribution in [3.05, 3.63) is 44.8 Å². The third-order valence-electron chi connectivity index (χ3n) is 8.79. The summed E-state index contributed by atoms with van der Waals surface area (Å²) in [6.45, 7) is 20.6. The molecule has 8 nitrogen and oxygen atoms in total. The molecule has 2 saturated heterocycles. The van der Waals surface area contributed by atoms with Crippen molar-refractivity contribution in [3.63, 3.8) is 0 Å². The topological polar surface area (TPSA) is 91.8 Å². The summed E-state index contributed by atoms with van der Waals surface area (Å²) in [7, 11) is -2.21. The molecule has 1 aromatic heterocycles. The Bertz CT molecular complexity index is 1280. The van der Waals surface area contributed by atoms with E-state index in [-0.39, 0.29) is 28.1 Å². The van der Waals surface area contributed by atoms with Crippen molar-refractivity contribution in [1.82, 2.24) is 9.55 Å². The van der Waals surface area contributed by atoms with Gasteiger partial charge in [0.15, 0.2) is 20.7 Å². The van der Waals surface area contributed by atoms with Gasteiger partial charge in [0.2, 0.25) is 5.69 Å². The lowest BCUT2D eigenvalue weighted by atomic mass is 9.77. The van der Waals surface area contributed by atoms with E-state index in [1.165, 1.54) is 17.6 Å². The normalized spacial score (nSPS) is 37.2. The molecule has 0 amide bonds. The number of nitrogens with one attached hydrogen (secondary N) is 1. The number of allylic oxidation sites excluding steroid dienone is 1. The Kier molecular flexibility index (Phi) is 8.77. The second-order valence-corrected chi connectivity index (χ2v) is 24.3. The molecule has 1 aliphatic carbocycles. The lowest BCUT2D eigenvalue weighted by molar-refractivity contribution is -0.0449. The molecule has 1 unspecified atom stereocenters. The van der Waals surface area contributed by atoms with E-state index >= 15 is 4.39 Å². The van der Waals surface area contributed by atoms with Crippen molar-refractivity contribution in [1.29, 1.82) is 0 Å². The van der Waals surface area contributed by atoms with Gasteiger partial charge in [0, 0.05) is 16.5 Å². The third-order valence-corrected chi connectivity index (χ3v) is 19.0. The molecule has 39 heavy (non-hydrogen) atoms. The van der Waals surface area contributed by atoms with Crippen LogP contribution < -0.4 is 11.2 Å².